The van der Waals surface area contributed by atoms with E-state index in [0.29, 0.717) is 30.3 Å². The van der Waals surface area contributed by atoms with Gasteiger partial charge in [-0.25, -0.2) is 0 Å². The van der Waals surface area contributed by atoms with E-state index in [9.17, 15) is 4.79 Å². The maximum absolute atomic E-state index is 12.6. The number of oxazole rings is 1. The zero-order valence-electron chi connectivity index (χ0n) is 14.4. The Morgan fingerprint density at radius 2 is 2.17 bits per heavy atom. The summed E-state index contributed by atoms with van der Waals surface area (Å²) in [7, 11) is 1.75. The zero-order chi connectivity index (χ0) is 17.3. The van der Waals surface area contributed by atoms with E-state index in [2.05, 4.69) is 15.1 Å². The molecule has 0 N–H and O–H groups in total. The first-order valence-corrected chi connectivity index (χ1v) is 7.98. The summed E-state index contributed by atoms with van der Waals surface area (Å²) in [5, 5.41) is 4.40. The van der Waals surface area contributed by atoms with Crippen molar-refractivity contribution in [3.63, 3.8) is 0 Å². The molecule has 1 amide bonds. The van der Waals surface area contributed by atoms with Gasteiger partial charge in [0.25, 0.3) is 5.91 Å². The molecule has 7 heteroatoms. The number of rotatable bonds is 5. The number of aryl methyl sites for hydroxylation is 1. The van der Waals surface area contributed by atoms with Crippen LogP contribution in [-0.2, 0) is 6.42 Å². The first-order chi connectivity index (χ1) is 11.5. The van der Waals surface area contributed by atoms with E-state index in [0.717, 1.165) is 5.69 Å². The fourth-order valence-corrected chi connectivity index (χ4v) is 2.40. The number of nitrogens with zero attached hydrogens (tertiary/aromatic N) is 5. The molecule has 3 heterocycles. The van der Waals surface area contributed by atoms with E-state index < -0.39 is 0 Å². The van der Waals surface area contributed by atoms with Gasteiger partial charge in [-0.1, -0.05) is 19.9 Å². The van der Waals surface area contributed by atoms with Crippen molar-refractivity contribution in [2.45, 2.75) is 33.1 Å². The second-order valence-electron chi connectivity index (χ2n) is 6.13. The van der Waals surface area contributed by atoms with Gasteiger partial charge < -0.3 is 9.32 Å². The van der Waals surface area contributed by atoms with Crippen LogP contribution in [0.4, 0.5) is 0 Å². The minimum atomic E-state index is -0.179. The fraction of sp³-hybridized carbons (Fsp3) is 0.412. The van der Waals surface area contributed by atoms with Gasteiger partial charge in [0.15, 0.2) is 5.82 Å². The van der Waals surface area contributed by atoms with Crippen molar-refractivity contribution >= 4 is 11.8 Å². The summed E-state index contributed by atoms with van der Waals surface area (Å²) >= 11 is 0. The number of hydrogen-bond donors (Lipinski definition) is 0. The Bertz CT molecular complexity index is 851. The molecule has 0 bridgehead atoms. The number of likely N-dealkylation sites (N-methyl/N-ethyl adjacent to an activating group) is 1. The first kappa shape index (κ1) is 16.2. The van der Waals surface area contributed by atoms with Crippen LogP contribution in [-0.4, -0.2) is 44.0 Å². The van der Waals surface area contributed by atoms with Crippen LogP contribution in [0.15, 0.2) is 28.8 Å². The van der Waals surface area contributed by atoms with Crippen molar-refractivity contribution in [3.8, 4) is 0 Å². The molecule has 0 fully saturated rings. The molecule has 0 aliphatic rings. The predicted octanol–water partition coefficient (Wildman–Crippen LogP) is 2.46. The smallest absolute Gasteiger partial charge is 0.325 e. The lowest BCUT2D eigenvalue weighted by Crippen LogP contribution is -2.29. The fourth-order valence-electron chi connectivity index (χ4n) is 2.40. The van der Waals surface area contributed by atoms with Crippen molar-refractivity contribution in [2.75, 3.05) is 13.6 Å². The van der Waals surface area contributed by atoms with E-state index in [1.807, 2.05) is 39.0 Å². The summed E-state index contributed by atoms with van der Waals surface area (Å²) in [5.41, 5.74) is 1.62. The third-order valence-electron chi connectivity index (χ3n) is 3.92. The van der Waals surface area contributed by atoms with Crippen molar-refractivity contribution in [2.24, 2.45) is 0 Å². The molecule has 0 saturated carbocycles. The number of aromatic nitrogens is 4. The van der Waals surface area contributed by atoms with Crippen LogP contribution < -0.4 is 0 Å². The highest BCUT2D eigenvalue weighted by Gasteiger charge is 2.24. The van der Waals surface area contributed by atoms with Crippen molar-refractivity contribution in [1.82, 2.24) is 24.5 Å². The molecule has 7 nitrogen and oxygen atoms in total. The van der Waals surface area contributed by atoms with Crippen molar-refractivity contribution in [1.29, 1.82) is 0 Å². The van der Waals surface area contributed by atoms with E-state index in [-0.39, 0.29) is 17.6 Å². The molecule has 3 aromatic heterocycles. The largest absolute Gasteiger partial charge is 0.416 e. The van der Waals surface area contributed by atoms with Gasteiger partial charge in [0.2, 0.25) is 5.76 Å². The monoisotopic (exact) mass is 327 g/mol. The van der Waals surface area contributed by atoms with E-state index in [1.54, 1.807) is 22.7 Å². The SMILES string of the molecule is Cc1c(C(=O)N(C)CCc2ccccn2)oc2nc(C(C)C)nn12. The van der Waals surface area contributed by atoms with Crippen LogP contribution in [0.1, 0.15) is 47.5 Å². The Kier molecular flexibility index (Phi) is 4.33. The van der Waals surface area contributed by atoms with Crippen molar-refractivity contribution in [3.05, 3.63) is 47.4 Å². The van der Waals surface area contributed by atoms with Crippen molar-refractivity contribution < 1.29 is 9.21 Å². The van der Waals surface area contributed by atoms with Gasteiger partial charge in [-0.05, 0) is 19.1 Å². The third-order valence-corrected chi connectivity index (χ3v) is 3.92. The third kappa shape index (κ3) is 3.02. The molecule has 0 unspecified atom stereocenters. The standard InChI is InChI=1S/C17H21N5O2/c1-11(2)15-19-17-22(20-15)12(3)14(24-17)16(23)21(4)10-8-13-7-5-6-9-18-13/h5-7,9,11H,8,10H2,1-4H3. The highest BCUT2D eigenvalue weighted by molar-refractivity contribution is 5.92. The highest BCUT2D eigenvalue weighted by Crippen LogP contribution is 2.19. The number of carbonyl (C=O) groups is 1. The van der Waals surface area contributed by atoms with Crippen LogP contribution in [0.25, 0.3) is 5.84 Å². The summed E-state index contributed by atoms with van der Waals surface area (Å²) < 4.78 is 7.24. The molecular formula is C17H21N5O2. The summed E-state index contributed by atoms with van der Waals surface area (Å²) in [4.78, 5) is 22.8. The van der Waals surface area contributed by atoms with Gasteiger partial charge >= 0.3 is 5.84 Å². The molecular weight excluding hydrogens is 306 g/mol. The van der Waals surface area contributed by atoms with E-state index in [4.69, 9.17) is 4.42 Å². The molecule has 24 heavy (non-hydrogen) atoms. The highest BCUT2D eigenvalue weighted by atomic mass is 16.4. The lowest BCUT2D eigenvalue weighted by Gasteiger charge is -2.15. The maximum atomic E-state index is 12.6. The summed E-state index contributed by atoms with van der Waals surface area (Å²) in [6.07, 6.45) is 2.44. The van der Waals surface area contributed by atoms with Gasteiger partial charge in [0, 0.05) is 37.8 Å². The number of hydrogen-bond acceptors (Lipinski definition) is 5. The average molecular weight is 327 g/mol. The van der Waals surface area contributed by atoms with Crippen LogP contribution in [0.3, 0.4) is 0 Å². The Hall–Kier alpha value is -2.70. The second-order valence-corrected chi connectivity index (χ2v) is 6.13. The summed E-state index contributed by atoms with van der Waals surface area (Å²) in [6, 6.07) is 5.76. The minimum absolute atomic E-state index is 0.179. The van der Waals surface area contributed by atoms with E-state index >= 15 is 0 Å². The molecule has 0 spiro atoms. The minimum Gasteiger partial charge on any atom is -0.416 e. The Morgan fingerprint density at radius 3 is 2.79 bits per heavy atom. The Morgan fingerprint density at radius 1 is 1.38 bits per heavy atom. The average Bonchev–Trinajstić information content (AvgIpc) is 3.13. The lowest BCUT2D eigenvalue weighted by atomic mass is 10.2. The van der Waals surface area contributed by atoms with Gasteiger partial charge in [-0.2, -0.15) is 9.50 Å². The van der Waals surface area contributed by atoms with Crippen LogP contribution in [0.2, 0.25) is 0 Å². The van der Waals surface area contributed by atoms with Crippen LogP contribution in [0.5, 0.6) is 0 Å². The number of amides is 1. The molecule has 0 aliphatic carbocycles. The molecule has 126 valence electrons. The maximum Gasteiger partial charge on any atom is 0.325 e. The molecule has 0 aliphatic heterocycles. The van der Waals surface area contributed by atoms with Crippen LogP contribution in [0, 0.1) is 6.92 Å². The number of fused-ring (bicyclic) bond motifs is 1. The quantitative estimate of drug-likeness (QED) is 0.719. The zero-order valence-corrected chi connectivity index (χ0v) is 14.4. The van der Waals surface area contributed by atoms with E-state index in [1.165, 1.54) is 0 Å². The normalized spacial score (nSPS) is 11.4. The predicted molar refractivity (Wildman–Crippen MR) is 89.0 cm³/mol. The molecule has 0 aromatic carbocycles. The number of pyridine rings is 1. The van der Waals surface area contributed by atoms with Gasteiger partial charge in [-0.15, -0.1) is 5.10 Å². The molecule has 0 radical (unpaired) electrons. The summed E-state index contributed by atoms with van der Waals surface area (Å²) in [6.45, 7) is 6.40. The Balaban J connectivity index is 1.75. The van der Waals surface area contributed by atoms with Gasteiger partial charge in [0.05, 0.1) is 5.69 Å². The topological polar surface area (TPSA) is 76.5 Å². The number of carbonyl (C=O) groups excluding carboxylic acids is 1. The molecule has 3 aromatic rings. The summed E-state index contributed by atoms with van der Waals surface area (Å²) in [5.74, 6) is 1.38. The lowest BCUT2D eigenvalue weighted by molar-refractivity contribution is 0.0766. The van der Waals surface area contributed by atoms with Crippen LogP contribution >= 0.6 is 0 Å². The van der Waals surface area contributed by atoms with Gasteiger partial charge in [-0.3, -0.25) is 9.78 Å². The van der Waals surface area contributed by atoms with Gasteiger partial charge in [0.1, 0.15) is 0 Å². The second kappa shape index (κ2) is 6.43. The molecule has 0 saturated heterocycles. The first-order valence-electron chi connectivity index (χ1n) is 7.98. The molecule has 0 atom stereocenters. The Labute approximate surface area is 140 Å². The molecule has 3 rings (SSSR count).